The maximum absolute atomic E-state index is 12.1. The Balaban J connectivity index is 2.86. The molecule has 0 aromatic carbocycles. The number of amides is 1. The van der Waals surface area contributed by atoms with E-state index < -0.39 is 32.8 Å². The number of hydrogen-bond acceptors (Lipinski definition) is 5. The van der Waals surface area contributed by atoms with Crippen molar-refractivity contribution >= 4 is 16.2 Å². The molecule has 1 rings (SSSR count). The zero-order chi connectivity index (χ0) is 17.4. The van der Waals surface area contributed by atoms with Gasteiger partial charge in [-0.3, -0.25) is 4.18 Å². The molecule has 0 unspecified atom stereocenters. The van der Waals surface area contributed by atoms with Crippen molar-refractivity contribution in [1.82, 2.24) is 5.32 Å². The van der Waals surface area contributed by atoms with E-state index >= 15 is 0 Å². The van der Waals surface area contributed by atoms with Crippen LogP contribution in [0.4, 0.5) is 4.79 Å². The summed E-state index contributed by atoms with van der Waals surface area (Å²) >= 11 is 0. The van der Waals surface area contributed by atoms with Gasteiger partial charge in [0.1, 0.15) is 5.60 Å². The van der Waals surface area contributed by atoms with Crippen LogP contribution in [0.2, 0.25) is 0 Å². The second kappa shape index (κ2) is 6.00. The summed E-state index contributed by atoms with van der Waals surface area (Å²) in [5, 5.41) is 2.94. The Kier molecular flexibility index (Phi) is 5.24. The van der Waals surface area contributed by atoms with Gasteiger partial charge in [0.2, 0.25) is 0 Å². The van der Waals surface area contributed by atoms with Gasteiger partial charge in [-0.2, -0.15) is 8.42 Å². The van der Waals surface area contributed by atoms with Crippen molar-refractivity contribution in [3.8, 4) is 0 Å². The van der Waals surface area contributed by atoms with Gasteiger partial charge in [0.15, 0.2) is 0 Å². The fourth-order valence-electron chi connectivity index (χ4n) is 2.96. The van der Waals surface area contributed by atoms with E-state index in [1.165, 1.54) is 7.11 Å². The lowest BCUT2D eigenvalue weighted by Gasteiger charge is -2.42. The fourth-order valence-corrected chi connectivity index (χ4v) is 4.17. The normalized spacial score (nSPS) is 28.4. The van der Waals surface area contributed by atoms with Crippen LogP contribution in [0.1, 0.15) is 54.4 Å². The topological polar surface area (TPSA) is 81.7 Å². The average Bonchev–Trinajstić information content (AvgIpc) is 2.50. The molecule has 0 saturated heterocycles. The van der Waals surface area contributed by atoms with Crippen molar-refractivity contribution in [3.05, 3.63) is 0 Å². The molecule has 7 heteroatoms. The van der Waals surface area contributed by atoms with Gasteiger partial charge in [-0.15, -0.1) is 0 Å². The van der Waals surface area contributed by atoms with Gasteiger partial charge in [0.05, 0.1) is 12.9 Å². The van der Waals surface area contributed by atoms with Crippen LogP contribution in [0.15, 0.2) is 0 Å². The number of carbonyl (C=O) groups excluding carboxylic acids is 1. The van der Waals surface area contributed by atoms with Crippen molar-refractivity contribution in [2.24, 2.45) is 11.3 Å². The molecule has 0 aromatic rings. The average molecular weight is 335 g/mol. The van der Waals surface area contributed by atoms with E-state index in [1.54, 1.807) is 0 Å². The minimum atomic E-state index is -3.53. The molecule has 1 aliphatic carbocycles. The van der Waals surface area contributed by atoms with Gasteiger partial charge in [-0.05, 0) is 51.9 Å². The zero-order valence-corrected chi connectivity index (χ0v) is 15.5. The molecular weight excluding hydrogens is 306 g/mol. The number of carbonyl (C=O) groups is 1. The molecular formula is C15H29NO5S. The van der Waals surface area contributed by atoms with Crippen molar-refractivity contribution < 1.29 is 22.1 Å². The van der Waals surface area contributed by atoms with E-state index in [-0.39, 0.29) is 11.7 Å². The first kappa shape index (κ1) is 19.2. The smallest absolute Gasteiger partial charge is 0.408 e. The van der Waals surface area contributed by atoms with E-state index in [1.807, 2.05) is 41.5 Å². The second-order valence-corrected chi connectivity index (χ2v) is 9.59. The van der Waals surface area contributed by atoms with Crippen LogP contribution in [-0.4, -0.2) is 38.5 Å². The lowest BCUT2D eigenvalue weighted by Crippen LogP contribution is -2.55. The second-order valence-electron chi connectivity index (χ2n) is 7.81. The summed E-state index contributed by atoms with van der Waals surface area (Å²) in [7, 11) is -2.35. The van der Waals surface area contributed by atoms with E-state index in [9.17, 15) is 13.2 Å². The molecule has 2 atom stereocenters. The highest BCUT2D eigenvalue weighted by molar-refractivity contribution is 7.86. The highest BCUT2D eigenvalue weighted by Gasteiger charge is 2.53. The summed E-state index contributed by atoms with van der Waals surface area (Å²) in [6.07, 6.45) is 0.934. The maximum atomic E-state index is 12.1. The van der Waals surface area contributed by atoms with Crippen LogP contribution in [0.25, 0.3) is 0 Å². The Morgan fingerprint density at radius 2 is 1.82 bits per heavy atom. The Labute approximate surface area is 134 Å². The SMILES string of the molecule is COS(=O)(=O)C[C@H]1CC[C@@](C)(NC(=O)OC(C)(C)C)C1(C)C. The van der Waals surface area contributed by atoms with Gasteiger partial charge in [0.25, 0.3) is 10.1 Å². The van der Waals surface area contributed by atoms with Gasteiger partial charge < -0.3 is 10.1 Å². The van der Waals surface area contributed by atoms with Crippen molar-refractivity contribution in [2.45, 2.75) is 65.5 Å². The third-order valence-corrected chi connectivity index (χ3v) is 6.19. The molecule has 1 amide bonds. The first-order valence-corrected chi connectivity index (χ1v) is 9.10. The van der Waals surface area contributed by atoms with E-state index in [4.69, 9.17) is 4.74 Å². The van der Waals surface area contributed by atoms with Gasteiger partial charge >= 0.3 is 6.09 Å². The first-order chi connectivity index (χ1) is 9.72. The number of rotatable bonds is 4. The van der Waals surface area contributed by atoms with Crippen LogP contribution in [0.5, 0.6) is 0 Å². The Morgan fingerprint density at radius 3 is 2.27 bits per heavy atom. The largest absolute Gasteiger partial charge is 0.444 e. The van der Waals surface area contributed by atoms with Gasteiger partial charge in [0, 0.05) is 5.54 Å². The molecule has 0 heterocycles. The van der Waals surface area contributed by atoms with Crippen molar-refractivity contribution in [1.29, 1.82) is 0 Å². The Morgan fingerprint density at radius 1 is 1.27 bits per heavy atom. The number of alkyl carbamates (subject to hydrolysis) is 1. The highest BCUT2D eigenvalue weighted by atomic mass is 32.2. The molecule has 130 valence electrons. The fraction of sp³-hybridized carbons (Fsp3) is 0.933. The summed E-state index contributed by atoms with van der Waals surface area (Å²) in [5.41, 5.74) is -1.49. The quantitative estimate of drug-likeness (QED) is 0.799. The Bertz CT molecular complexity index is 521. The minimum absolute atomic E-state index is 0.0396. The molecule has 0 aliphatic heterocycles. The summed E-state index contributed by atoms with van der Waals surface area (Å²) in [6, 6.07) is 0. The minimum Gasteiger partial charge on any atom is -0.444 e. The lowest BCUT2D eigenvalue weighted by atomic mass is 9.72. The van der Waals surface area contributed by atoms with Crippen LogP contribution < -0.4 is 5.32 Å². The zero-order valence-electron chi connectivity index (χ0n) is 14.6. The maximum Gasteiger partial charge on any atom is 0.408 e. The molecule has 1 saturated carbocycles. The molecule has 0 aromatic heterocycles. The van der Waals surface area contributed by atoms with Crippen LogP contribution >= 0.6 is 0 Å². The summed E-state index contributed by atoms with van der Waals surface area (Å²) in [4.78, 5) is 12.1. The van der Waals surface area contributed by atoms with Crippen LogP contribution in [0.3, 0.4) is 0 Å². The summed E-state index contributed by atoms with van der Waals surface area (Å²) in [5.74, 6) is -0.125. The van der Waals surface area contributed by atoms with E-state index in [2.05, 4.69) is 9.50 Å². The van der Waals surface area contributed by atoms with E-state index in [0.717, 1.165) is 0 Å². The predicted octanol–water partition coefficient (Wildman–Crippen LogP) is 2.68. The van der Waals surface area contributed by atoms with Crippen LogP contribution in [0, 0.1) is 11.3 Å². The van der Waals surface area contributed by atoms with Crippen LogP contribution in [-0.2, 0) is 19.0 Å². The van der Waals surface area contributed by atoms with Crippen molar-refractivity contribution in [2.75, 3.05) is 12.9 Å². The number of hydrogen-bond donors (Lipinski definition) is 1. The van der Waals surface area contributed by atoms with Gasteiger partial charge in [-0.25, -0.2) is 4.79 Å². The summed E-state index contributed by atoms with van der Waals surface area (Å²) < 4.78 is 33.4. The molecule has 0 spiro atoms. The molecule has 1 N–H and O–H groups in total. The molecule has 22 heavy (non-hydrogen) atoms. The highest BCUT2D eigenvalue weighted by Crippen LogP contribution is 2.50. The predicted molar refractivity (Wildman–Crippen MR) is 85.1 cm³/mol. The molecule has 1 fully saturated rings. The molecule has 1 aliphatic rings. The first-order valence-electron chi connectivity index (χ1n) is 7.52. The number of nitrogens with one attached hydrogen (secondary N) is 1. The Hall–Kier alpha value is -0.820. The monoisotopic (exact) mass is 335 g/mol. The standard InChI is InChI=1S/C15H29NO5S/c1-13(2,3)21-12(17)16-15(6)9-8-11(14(15,4)5)10-22(18,19)20-7/h11H,8-10H2,1-7H3,(H,16,17)/t11-,15-/m1/s1. The summed E-state index contributed by atoms with van der Waals surface area (Å²) in [6.45, 7) is 11.3. The third-order valence-electron chi connectivity index (χ3n) is 4.87. The molecule has 0 bridgehead atoms. The lowest BCUT2D eigenvalue weighted by molar-refractivity contribution is 0.0359. The molecule has 6 nitrogen and oxygen atoms in total. The third kappa shape index (κ3) is 4.35. The van der Waals surface area contributed by atoms with Crippen molar-refractivity contribution in [3.63, 3.8) is 0 Å². The number of ether oxygens (including phenoxy) is 1. The van der Waals surface area contributed by atoms with Gasteiger partial charge in [-0.1, -0.05) is 13.8 Å². The molecule has 0 radical (unpaired) electrons. The van der Waals surface area contributed by atoms with E-state index in [0.29, 0.717) is 12.8 Å².